The summed E-state index contributed by atoms with van der Waals surface area (Å²) < 4.78 is 16.6. The first-order chi connectivity index (χ1) is 15.2. The molecule has 1 saturated heterocycles. The van der Waals surface area contributed by atoms with E-state index in [1.165, 1.54) is 18.3 Å². The lowest BCUT2D eigenvalue weighted by molar-refractivity contribution is -0.161. The number of esters is 2. The van der Waals surface area contributed by atoms with E-state index in [-0.39, 0.29) is 53.4 Å². The third-order valence-electron chi connectivity index (χ3n) is 9.51. The van der Waals surface area contributed by atoms with Gasteiger partial charge in [0.25, 0.3) is 0 Å². The summed E-state index contributed by atoms with van der Waals surface area (Å²) in [5, 5.41) is 0. The second kappa shape index (κ2) is 7.54. The molecule has 6 heteroatoms. The van der Waals surface area contributed by atoms with Gasteiger partial charge in [-0.25, -0.2) is 4.79 Å². The largest absolute Gasteiger partial charge is 0.463 e. The van der Waals surface area contributed by atoms with E-state index in [4.69, 9.17) is 14.2 Å². The molecule has 1 spiro atoms. The normalized spacial score (nSPS) is 42.5. The first-order valence-electron chi connectivity index (χ1n) is 12.0. The van der Waals surface area contributed by atoms with Crippen LogP contribution >= 0.6 is 0 Å². The van der Waals surface area contributed by atoms with Crippen molar-refractivity contribution in [3.8, 4) is 0 Å². The molecule has 6 atom stereocenters. The smallest absolute Gasteiger partial charge is 0.332 e. The third-order valence-corrected chi connectivity index (χ3v) is 9.51. The molecule has 0 aromatic heterocycles. The minimum Gasteiger partial charge on any atom is -0.463 e. The van der Waals surface area contributed by atoms with Crippen LogP contribution in [0.3, 0.4) is 0 Å². The number of fused-ring (bicyclic) bond motifs is 6. The Hall–Kier alpha value is -1.95. The van der Waals surface area contributed by atoms with Crippen molar-refractivity contribution in [1.29, 1.82) is 0 Å². The molecule has 1 heterocycles. The number of rotatable bonds is 4. The van der Waals surface area contributed by atoms with Gasteiger partial charge in [0, 0.05) is 43.1 Å². The number of carbonyl (C=O) groups is 3. The molecular formula is C26H34O6. The molecule has 2 unspecified atom stereocenters. The minimum absolute atomic E-state index is 0.0212. The highest BCUT2D eigenvalue weighted by atomic mass is 16.6. The molecule has 0 N–H and O–H groups in total. The number of carbonyl (C=O) groups excluding carboxylic acids is 3. The predicted molar refractivity (Wildman–Crippen MR) is 116 cm³/mol. The molecule has 1 aliphatic heterocycles. The molecule has 2 saturated carbocycles. The molecule has 0 bridgehead atoms. The van der Waals surface area contributed by atoms with Crippen molar-refractivity contribution in [3.05, 3.63) is 23.3 Å². The zero-order valence-corrected chi connectivity index (χ0v) is 19.4. The second-order valence-corrected chi connectivity index (χ2v) is 10.9. The average molecular weight is 443 g/mol. The fraction of sp³-hybridized carbons (Fsp3) is 0.731. The summed E-state index contributed by atoms with van der Waals surface area (Å²) in [7, 11) is 1.48. The monoisotopic (exact) mass is 442 g/mol. The summed E-state index contributed by atoms with van der Waals surface area (Å²) in [4.78, 5) is 36.5. The van der Waals surface area contributed by atoms with Crippen molar-refractivity contribution in [2.75, 3.05) is 20.3 Å². The number of hydrogen-bond acceptors (Lipinski definition) is 6. The summed E-state index contributed by atoms with van der Waals surface area (Å²) in [5.41, 5.74) is 2.01. The van der Waals surface area contributed by atoms with E-state index < -0.39 is 0 Å². The molecule has 174 valence electrons. The van der Waals surface area contributed by atoms with E-state index in [1.54, 1.807) is 0 Å². The Bertz CT molecular complexity index is 917. The molecule has 0 aromatic carbocycles. The number of methoxy groups -OCH3 is 1. The Morgan fingerprint density at radius 3 is 2.72 bits per heavy atom. The minimum atomic E-state index is -0.374. The van der Waals surface area contributed by atoms with E-state index in [0.29, 0.717) is 31.0 Å². The quantitative estimate of drug-likeness (QED) is 0.485. The lowest BCUT2D eigenvalue weighted by Crippen LogP contribution is -2.52. The van der Waals surface area contributed by atoms with E-state index in [1.807, 2.05) is 0 Å². The van der Waals surface area contributed by atoms with Crippen LogP contribution in [0, 0.1) is 28.6 Å². The molecule has 5 aliphatic rings. The van der Waals surface area contributed by atoms with Crippen LogP contribution in [-0.4, -0.2) is 43.6 Å². The van der Waals surface area contributed by atoms with E-state index in [2.05, 4.69) is 26.0 Å². The topological polar surface area (TPSA) is 78.9 Å². The molecule has 3 fully saturated rings. The van der Waals surface area contributed by atoms with E-state index in [9.17, 15) is 14.4 Å². The molecule has 0 radical (unpaired) electrons. The van der Waals surface area contributed by atoms with E-state index >= 15 is 0 Å². The van der Waals surface area contributed by atoms with Crippen molar-refractivity contribution in [2.24, 2.45) is 28.6 Å². The van der Waals surface area contributed by atoms with Gasteiger partial charge >= 0.3 is 11.9 Å². The fourth-order valence-corrected chi connectivity index (χ4v) is 7.72. The maximum Gasteiger partial charge on any atom is 0.332 e. The van der Waals surface area contributed by atoms with E-state index in [0.717, 1.165) is 32.1 Å². The van der Waals surface area contributed by atoms with Gasteiger partial charge in [-0.3, -0.25) is 9.59 Å². The Morgan fingerprint density at radius 1 is 1.19 bits per heavy atom. The fourth-order valence-electron chi connectivity index (χ4n) is 7.72. The van der Waals surface area contributed by atoms with Gasteiger partial charge in [0.1, 0.15) is 18.0 Å². The zero-order valence-electron chi connectivity index (χ0n) is 19.4. The first kappa shape index (κ1) is 21.9. The summed E-state index contributed by atoms with van der Waals surface area (Å²) in [6.45, 7) is 4.82. The number of ether oxygens (including phenoxy) is 3. The van der Waals surface area contributed by atoms with Crippen LogP contribution in [0.1, 0.15) is 65.2 Å². The molecule has 32 heavy (non-hydrogen) atoms. The second-order valence-electron chi connectivity index (χ2n) is 10.9. The standard InChI is InChI=1S/C26H34O6/c1-24-8-4-18(27)13-17(24)12-16(14-31-22(29)15-30-3)23-19(24)5-9-25(2)20(23)6-10-26(25)11-7-21(28)32-26/h5,12,16,20,23H,4,6-11,13-15H2,1-3H3/t16-,20?,23?,24-,25-,26+/m0/s1. The van der Waals surface area contributed by atoms with Gasteiger partial charge in [0.15, 0.2) is 0 Å². The van der Waals surface area contributed by atoms with Gasteiger partial charge in [-0.1, -0.05) is 37.1 Å². The van der Waals surface area contributed by atoms with Crippen LogP contribution in [0.4, 0.5) is 0 Å². The van der Waals surface area contributed by atoms with Gasteiger partial charge in [-0.05, 0) is 43.9 Å². The Labute approximate surface area is 189 Å². The van der Waals surface area contributed by atoms with Crippen molar-refractivity contribution in [2.45, 2.75) is 70.8 Å². The maximum atomic E-state index is 12.3. The van der Waals surface area contributed by atoms with Crippen LogP contribution in [-0.2, 0) is 28.6 Å². The van der Waals surface area contributed by atoms with Crippen LogP contribution < -0.4 is 0 Å². The lowest BCUT2D eigenvalue weighted by atomic mass is 9.49. The Morgan fingerprint density at radius 2 is 2.00 bits per heavy atom. The Kier molecular flexibility index (Phi) is 5.16. The van der Waals surface area contributed by atoms with Crippen molar-refractivity contribution in [1.82, 2.24) is 0 Å². The van der Waals surface area contributed by atoms with Crippen molar-refractivity contribution >= 4 is 17.7 Å². The highest BCUT2D eigenvalue weighted by Crippen LogP contribution is 2.68. The molecule has 5 rings (SSSR count). The Balaban J connectivity index is 1.53. The summed E-state index contributed by atoms with van der Waals surface area (Å²) >= 11 is 0. The van der Waals surface area contributed by atoms with Crippen molar-refractivity contribution < 1.29 is 28.6 Å². The molecular weight excluding hydrogens is 408 g/mol. The summed E-state index contributed by atoms with van der Waals surface area (Å²) in [6.07, 6.45) is 10.7. The summed E-state index contributed by atoms with van der Waals surface area (Å²) in [6, 6.07) is 0. The zero-order chi connectivity index (χ0) is 22.7. The predicted octanol–water partition coefficient (Wildman–Crippen LogP) is 3.93. The highest BCUT2D eigenvalue weighted by molar-refractivity contribution is 5.83. The average Bonchev–Trinajstić information content (AvgIpc) is 3.27. The molecule has 4 aliphatic carbocycles. The third kappa shape index (κ3) is 3.05. The van der Waals surface area contributed by atoms with Crippen LogP contribution in [0.5, 0.6) is 0 Å². The van der Waals surface area contributed by atoms with Crippen LogP contribution in [0.2, 0.25) is 0 Å². The number of allylic oxidation sites excluding steroid dienone is 3. The van der Waals surface area contributed by atoms with Gasteiger partial charge in [0.05, 0.1) is 6.61 Å². The number of Topliss-reactive ketones (excluding diaryl/α,β-unsaturated/α-hetero) is 1. The maximum absolute atomic E-state index is 12.3. The van der Waals surface area contributed by atoms with Crippen LogP contribution in [0.15, 0.2) is 23.3 Å². The summed E-state index contributed by atoms with van der Waals surface area (Å²) in [5.74, 6) is 0.455. The first-order valence-corrected chi connectivity index (χ1v) is 12.0. The lowest BCUT2D eigenvalue weighted by Gasteiger charge is -2.56. The number of ketones is 1. The molecule has 0 aromatic rings. The van der Waals surface area contributed by atoms with Gasteiger partial charge in [-0.15, -0.1) is 0 Å². The number of hydrogen-bond donors (Lipinski definition) is 0. The van der Waals surface area contributed by atoms with Gasteiger partial charge in [-0.2, -0.15) is 0 Å². The van der Waals surface area contributed by atoms with Gasteiger partial charge < -0.3 is 14.2 Å². The SMILES string of the molecule is COCC(=O)OC[C@@H]1C=C2CC(=O)CC[C@]2(C)C2=CC[C@@]3(C)C(CC[C@@]34CCC(=O)O4)C21. The highest BCUT2D eigenvalue weighted by Gasteiger charge is 2.66. The molecule has 0 amide bonds. The molecule has 6 nitrogen and oxygen atoms in total. The van der Waals surface area contributed by atoms with Crippen molar-refractivity contribution in [3.63, 3.8) is 0 Å². The van der Waals surface area contributed by atoms with Crippen LogP contribution in [0.25, 0.3) is 0 Å². The van der Waals surface area contributed by atoms with Gasteiger partial charge in [0.2, 0.25) is 0 Å².